The van der Waals surface area contributed by atoms with Gasteiger partial charge in [-0.3, -0.25) is 4.79 Å². The lowest BCUT2D eigenvalue weighted by molar-refractivity contribution is 0.0996. The SMILES string of the molecule is Cc1ccsc1C(=O)Cc1ccccc1Cl. The summed E-state index contributed by atoms with van der Waals surface area (Å²) in [6.45, 7) is 1.95. The van der Waals surface area contributed by atoms with Gasteiger partial charge in [-0.05, 0) is 35.6 Å². The molecule has 2 rings (SSSR count). The van der Waals surface area contributed by atoms with Gasteiger partial charge in [-0.2, -0.15) is 0 Å². The molecule has 16 heavy (non-hydrogen) atoms. The molecule has 2 aromatic rings. The van der Waals surface area contributed by atoms with Crippen LogP contribution in [-0.4, -0.2) is 5.78 Å². The van der Waals surface area contributed by atoms with E-state index >= 15 is 0 Å². The molecule has 0 aliphatic rings. The van der Waals surface area contributed by atoms with Gasteiger partial charge >= 0.3 is 0 Å². The summed E-state index contributed by atoms with van der Waals surface area (Å²) in [5, 5.41) is 2.60. The molecule has 82 valence electrons. The van der Waals surface area contributed by atoms with E-state index in [9.17, 15) is 4.79 Å². The number of Topliss-reactive ketones (excluding diaryl/α,β-unsaturated/α-hetero) is 1. The lowest BCUT2D eigenvalue weighted by Crippen LogP contribution is -2.03. The van der Waals surface area contributed by atoms with Crippen molar-refractivity contribution in [2.45, 2.75) is 13.3 Å². The summed E-state index contributed by atoms with van der Waals surface area (Å²) >= 11 is 7.51. The average molecular weight is 251 g/mol. The lowest BCUT2D eigenvalue weighted by atomic mass is 10.1. The van der Waals surface area contributed by atoms with Gasteiger partial charge in [0.25, 0.3) is 0 Å². The van der Waals surface area contributed by atoms with E-state index < -0.39 is 0 Å². The molecule has 0 radical (unpaired) electrons. The quantitative estimate of drug-likeness (QED) is 0.749. The van der Waals surface area contributed by atoms with Gasteiger partial charge in [0.1, 0.15) is 0 Å². The molecule has 0 N–H and O–H groups in total. The summed E-state index contributed by atoms with van der Waals surface area (Å²) in [6, 6.07) is 9.43. The highest BCUT2D eigenvalue weighted by molar-refractivity contribution is 7.12. The highest BCUT2D eigenvalue weighted by Gasteiger charge is 2.12. The van der Waals surface area contributed by atoms with Crippen molar-refractivity contribution in [1.82, 2.24) is 0 Å². The van der Waals surface area contributed by atoms with Crippen LogP contribution in [0.3, 0.4) is 0 Å². The summed E-state index contributed by atoms with van der Waals surface area (Å²) in [5.74, 6) is 0.139. The Balaban J connectivity index is 2.21. The van der Waals surface area contributed by atoms with Crippen LogP contribution in [0.15, 0.2) is 35.7 Å². The van der Waals surface area contributed by atoms with Crippen molar-refractivity contribution >= 4 is 28.7 Å². The normalized spacial score (nSPS) is 10.4. The Morgan fingerprint density at radius 2 is 2.06 bits per heavy atom. The van der Waals surface area contributed by atoms with Crippen LogP contribution in [0, 0.1) is 6.92 Å². The first-order valence-corrected chi connectivity index (χ1v) is 6.25. The minimum atomic E-state index is 0.139. The fourth-order valence-corrected chi connectivity index (χ4v) is 2.62. The summed E-state index contributed by atoms with van der Waals surface area (Å²) in [4.78, 5) is 12.8. The van der Waals surface area contributed by atoms with Crippen molar-refractivity contribution in [1.29, 1.82) is 0 Å². The minimum Gasteiger partial charge on any atom is -0.293 e. The van der Waals surface area contributed by atoms with Gasteiger partial charge in [-0.25, -0.2) is 0 Å². The molecule has 1 heterocycles. The Morgan fingerprint density at radius 3 is 2.69 bits per heavy atom. The van der Waals surface area contributed by atoms with Gasteiger partial charge in [0.2, 0.25) is 0 Å². The maximum absolute atomic E-state index is 12.0. The zero-order valence-corrected chi connectivity index (χ0v) is 10.4. The Bertz CT molecular complexity index is 516. The van der Waals surface area contributed by atoms with Gasteiger partial charge in [-0.15, -0.1) is 11.3 Å². The van der Waals surface area contributed by atoms with Gasteiger partial charge < -0.3 is 0 Å². The summed E-state index contributed by atoms with van der Waals surface area (Å²) in [5.41, 5.74) is 1.93. The largest absolute Gasteiger partial charge is 0.293 e. The number of halogens is 1. The first kappa shape index (κ1) is 11.4. The zero-order valence-electron chi connectivity index (χ0n) is 8.87. The molecule has 1 nitrogen and oxygen atoms in total. The average Bonchev–Trinajstić information content (AvgIpc) is 2.68. The van der Waals surface area contributed by atoms with Crippen LogP contribution < -0.4 is 0 Å². The molecule has 0 bridgehead atoms. The molecule has 1 aromatic heterocycles. The van der Waals surface area contributed by atoms with E-state index in [-0.39, 0.29) is 5.78 Å². The number of carbonyl (C=O) groups is 1. The maximum Gasteiger partial charge on any atom is 0.177 e. The number of benzene rings is 1. The monoisotopic (exact) mass is 250 g/mol. The number of thiophene rings is 1. The Hall–Kier alpha value is -1.12. The Kier molecular flexibility index (Phi) is 3.42. The van der Waals surface area contributed by atoms with Crippen molar-refractivity contribution in [2.75, 3.05) is 0 Å². The molecular formula is C13H11ClOS. The second kappa shape index (κ2) is 4.81. The highest BCUT2D eigenvalue weighted by Crippen LogP contribution is 2.21. The first-order chi connectivity index (χ1) is 7.68. The fraction of sp³-hybridized carbons (Fsp3) is 0.154. The van der Waals surface area contributed by atoms with E-state index in [0.717, 1.165) is 16.0 Å². The molecule has 0 unspecified atom stereocenters. The van der Waals surface area contributed by atoms with Crippen molar-refractivity contribution in [3.05, 3.63) is 56.7 Å². The zero-order chi connectivity index (χ0) is 11.5. The van der Waals surface area contributed by atoms with Gasteiger partial charge in [0.05, 0.1) is 4.88 Å². The van der Waals surface area contributed by atoms with E-state index in [1.807, 2.05) is 42.6 Å². The van der Waals surface area contributed by atoms with Crippen molar-refractivity contribution < 1.29 is 4.79 Å². The van der Waals surface area contributed by atoms with Crippen LogP contribution in [0.5, 0.6) is 0 Å². The predicted molar refractivity (Wildman–Crippen MR) is 68.5 cm³/mol. The standard InChI is InChI=1S/C13H11ClOS/c1-9-6-7-16-13(9)12(15)8-10-4-2-3-5-11(10)14/h2-7H,8H2,1H3. The van der Waals surface area contributed by atoms with Crippen molar-refractivity contribution in [3.63, 3.8) is 0 Å². The molecular weight excluding hydrogens is 240 g/mol. The van der Waals surface area contributed by atoms with Crippen LogP contribution in [0.4, 0.5) is 0 Å². The molecule has 0 saturated heterocycles. The van der Waals surface area contributed by atoms with Crippen LogP contribution >= 0.6 is 22.9 Å². The van der Waals surface area contributed by atoms with Crippen LogP contribution in [0.2, 0.25) is 5.02 Å². The number of aryl methyl sites for hydroxylation is 1. The third kappa shape index (κ3) is 2.34. The topological polar surface area (TPSA) is 17.1 Å². The summed E-state index contributed by atoms with van der Waals surface area (Å²) in [6.07, 6.45) is 0.376. The second-order valence-corrected chi connectivity index (χ2v) is 4.95. The van der Waals surface area contributed by atoms with Crippen LogP contribution in [0.1, 0.15) is 20.8 Å². The van der Waals surface area contributed by atoms with Crippen LogP contribution in [0.25, 0.3) is 0 Å². The summed E-state index contributed by atoms with van der Waals surface area (Å²) in [7, 11) is 0. The Morgan fingerprint density at radius 1 is 1.31 bits per heavy atom. The smallest absolute Gasteiger partial charge is 0.177 e. The highest BCUT2D eigenvalue weighted by atomic mass is 35.5. The molecule has 0 fully saturated rings. The van der Waals surface area contributed by atoms with Gasteiger partial charge in [0, 0.05) is 11.4 Å². The third-order valence-electron chi connectivity index (χ3n) is 2.42. The van der Waals surface area contributed by atoms with E-state index in [4.69, 9.17) is 11.6 Å². The second-order valence-electron chi connectivity index (χ2n) is 3.62. The van der Waals surface area contributed by atoms with Gasteiger partial charge in [-0.1, -0.05) is 29.8 Å². The predicted octanol–water partition coefficient (Wildman–Crippen LogP) is 4.14. The number of hydrogen-bond donors (Lipinski definition) is 0. The van der Waals surface area contributed by atoms with E-state index in [2.05, 4.69) is 0 Å². The molecule has 0 saturated carbocycles. The molecule has 0 aliphatic carbocycles. The first-order valence-electron chi connectivity index (χ1n) is 4.99. The van der Waals surface area contributed by atoms with E-state index in [1.54, 1.807) is 0 Å². The number of carbonyl (C=O) groups excluding carboxylic acids is 1. The van der Waals surface area contributed by atoms with E-state index in [1.165, 1.54) is 11.3 Å². The van der Waals surface area contributed by atoms with Crippen LogP contribution in [-0.2, 0) is 6.42 Å². The fourth-order valence-electron chi connectivity index (χ4n) is 1.55. The number of ketones is 1. The molecule has 0 aliphatic heterocycles. The van der Waals surface area contributed by atoms with Gasteiger partial charge in [0.15, 0.2) is 5.78 Å². The summed E-state index contributed by atoms with van der Waals surface area (Å²) < 4.78 is 0. The van der Waals surface area contributed by atoms with Crippen molar-refractivity contribution in [3.8, 4) is 0 Å². The number of hydrogen-bond acceptors (Lipinski definition) is 2. The van der Waals surface area contributed by atoms with Crippen molar-refractivity contribution in [2.24, 2.45) is 0 Å². The maximum atomic E-state index is 12.0. The lowest BCUT2D eigenvalue weighted by Gasteiger charge is -2.02. The third-order valence-corrected chi connectivity index (χ3v) is 3.85. The number of rotatable bonds is 3. The molecule has 0 amide bonds. The Labute approximate surface area is 104 Å². The molecule has 1 aromatic carbocycles. The van der Waals surface area contributed by atoms with E-state index in [0.29, 0.717) is 11.4 Å². The molecule has 3 heteroatoms. The molecule has 0 spiro atoms. The minimum absolute atomic E-state index is 0.139. The molecule has 0 atom stereocenters.